The Bertz CT molecular complexity index is 984. The second-order valence-corrected chi connectivity index (χ2v) is 8.02. The van der Waals surface area contributed by atoms with E-state index in [1.165, 1.54) is 6.07 Å². The molecule has 10 heteroatoms. The molecule has 1 saturated heterocycles. The number of piperidine rings is 1. The maximum absolute atomic E-state index is 13.0. The maximum Gasteiger partial charge on any atom is 0.416 e. The summed E-state index contributed by atoms with van der Waals surface area (Å²) in [5.41, 5.74) is -0.220. The third kappa shape index (κ3) is 5.12. The van der Waals surface area contributed by atoms with Crippen LogP contribution in [0, 0.1) is 11.8 Å². The summed E-state index contributed by atoms with van der Waals surface area (Å²) in [4.78, 5) is 30.9. The number of likely N-dealkylation sites (tertiary alicyclic amines) is 1. The van der Waals surface area contributed by atoms with Crippen molar-refractivity contribution < 1.29 is 27.5 Å². The number of aromatic nitrogens is 1. The molecule has 1 aromatic carbocycles. The Kier molecular flexibility index (Phi) is 6.20. The van der Waals surface area contributed by atoms with Crippen LogP contribution in [-0.2, 0) is 11.0 Å². The van der Waals surface area contributed by atoms with E-state index in [-0.39, 0.29) is 48.2 Å². The van der Waals surface area contributed by atoms with Gasteiger partial charge in [-0.2, -0.15) is 13.2 Å². The number of alkyl halides is 3. The molecule has 2 aliphatic heterocycles. The number of fused-ring (bicyclic) bond motifs is 2. The van der Waals surface area contributed by atoms with Crippen molar-refractivity contribution in [3.63, 3.8) is 0 Å². The molecule has 0 aliphatic carbocycles. The van der Waals surface area contributed by atoms with Crippen LogP contribution in [0.4, 0.5) is 29.3 Å². The first-order chi connectivity index (χ1) is 15.3. The lowest BCUT2D eigenvalue weighted by atomic mass is 9.81. The first kappa shape index (κ1) is 21.9. The molecule has 1 aromatic heterocycles. The van der Waals surface area contributed by atoms with E-state index < -0.39 is 11.7 Å². The lowest BCUT2D eigenvalue weighted by molar-refractivity contribution is -0.137. The van der Waals surface area contributed by atoms with Gasteiger partial charge in [-0.15, -0.1) is 0 Å². The van der Waals surface area contributed by atoms with Crippen molar-refractivity contribution in [2.45, 2.75) is 25.4 Å². The van der Waals surface area contributed by atoms with Gasteiger partial charge in [0, 0.05) is 25.7 Å². The standard InChI is InChI=1S/C22H23F3N4O3/c23-22(24,25)16-3-4-19-18(11-16)28-20(30)10-14-5-8-29(13-15(14)6-9-32-19)21(31)27-17-2-1-7-26-12-17/h1-4,7,11-12,14-15H,5-6,8-10,13H2,(H,27,31)(H,28,30)/t14-,15-/m0/s1. The normalized spacial score (nSPS) is 21.5. The minimum Gasteiger partial charge on any atom is -0.491 e. The van der Waals surface area contributed by atoms with Crippen molar-refractivity contribution in [2.75, 3.05) is 30.3 Å². The predicted molar refractivity (Wildman–Crippen MR) is 111 cm³/mol. The van der Waals surface area contributed by atoms with Gasteiger partial charge in [0.05, 0.1) is 29.7 Å². The van der Waals surface area contributed by atoms with Gasteiger partial charge in [0.2, 0.25) is 5.91 Å². The zero-order valence-electron chi connectivity index (χ0n) is 17.2. The van der Waals surface area contributed by atoms with Crippen LogP contribution in [0.2, 0.25) is 0 Å². The van der Waals surface area contributed by atoms with Crippen LogP contribution < -0.4 is 15.4 Å². The number of carbonyl (C=O) groups is 2. The van der Waals surface area contributed by atoms with E-state index in [1.807, 2.05) is 0 Å². The molecule has 0 unspecified atom stereocenters. The molecule has 0 radical (unpaired) electrons. The van der Waals surface area contributed by atoms with E-state index in [1.54, 1.807) is 29.4 Å². The van der Waals surface area contributed by atoms with Gasteiger partial charge in [-0.3, -0.25) is 9.78 Å². The number of rotatable bonds is 1. The van der Waals surface area contributed by atoms with E-state index >= 15 is 0 Å². The molecule has 0 spiro atoms. The minimum atomic E-state index is -4.51. The molecule has 2 atom stereocenters. The van der Waals surface area contributed by atoms with Crippen molar-refractivity contribution in [1.29, 1.82) is 0 Å². The van der Waals surface area contributed by atoms with Crippen LogP contribution in [0.15, 0.2) is 42.7 Å². The van der Waals surface area contributed by atoms with Gasteiger partial charge in [-0.25, -0.2) is 4.79 Å². The first-order valence-electron chi connectivity index (χ1n) is 10.4. The number of halogens is 3. The van der Waals surface area contributed by atoms with E-state index in [0.717, 1.165) is 12.1 Å². The summed E-state index contributed by atoms with van der Waals surface area (Å²) in [5.74, 6) is -0.121. The van der Waals surface area contributed by atoms with Crippen molar-refractivity contribution in [1.82, 2.24) is 9.88 Å². The molecule has 7 nitrogen and oxygen atoms in total. The Labute approximate surface area is 183 Å². The Balaban J connectivity index is 1.45. The largest absolute Gasteiger partial charge is 0.491 e. The van der Waals surface area contributed by atoms with Gasteiger partial charge >= 0.3 is 12.2 Å². The molecule has 0 bridgehead atoms. The third-order valence-corrected chi connectivity index (χ3v) is 5.87. The second kappa shape index (κ2) is 9.05. The maximum atomic E-state index is 13.0. The number of hydrogen-bond acceptors (Lipinski definition) is 4. The number of pyridine rings is 1. The van der Waals surface area contributed by atoms with Crippen LogP contribution in [0.5, 0.6) is 5.75 Å². The Morgan fingerprint density at radius 1 is 1.22 bits per heavy atom. The van der Waals surface area contributed by atoms with Crippen LogP contribution in [0.25, 0.3) is 0 Å². The lowest BCUT2D eigenvalue weighted by Crippen LogP contribution is -2.46. The molecule has 2 aromatic rings. The fourth-order valence-corrected chi connectivity index (χ4v) is 4.19. The van der Waals surface area contributed by atoms with Crippen LogP contribution in [0.1, 0.15) is 24.8 Å². The third-order valence-electron chi connectivity index (χ3n) is 5.87. The van der Waals surface area contributed by atoms with Crippen molar-refractivity contribution in [3.8, 4) is 5.75 Å². The van der Waals surface area contributed by atoms with E-state index in [0.29, 0.717) is 31.6 Å². The zero-order valence-corrected chi connectivity index (χ0v) is 17.2. The molecule has 1 fully saturated rings. The number of ether oxygens (including phenoxy) is 1. The molecule has 0 saturated carbocycles. The zero-order chi connectivity index (χ0) is 22.7. The molecule has 2 aliphatic rings. The molecule has 170 valence electrons. The van der Waals surface area contributed by atoms with Gasteiger partial charge in [0.15, 0.2) is 0 Å². The molecule has 3 heterocycles. The van der Waals surface area contributed by atoms with Gasteiger partial charge in [-0.1, -0.05) is 0 Å². The summed E-state index contributed by atoms with van der Waals surface area (Å²) < 4.78 is 44.9. The van der Waals surface area contributed by atoms with Crippen LogP contribution in [0.3, 0.4) is 0 Å². The van der Waals surface area contributed by atoms with E-state index in [2.05, 4.69) is 15.6 Å². The van der Waals surface area contributed by atoms with E-state index in [4.69, 9.17) is 4.74 Å². The molecule has 4 rings (SSSR count). The summed E-state index contributed by atoms with van der Waals surface area (Å²) in [5, 5.41) is 5.40. The summed E-state index contributed by atoms with van der Waals surface area (Å²) in [7, 11) is 0. The Morgan fingerprint density at radius 2 is 2.06 bits per heavy atom. The van der Waals surface area contributed by atoms with Crippen molar-refractivity contribution >= 4 is 23.3 Å². The first-order valence-corrected chi connectivity index (χ1v) is 10.4. The van der Waals surface area contributed by atoms with Crippen molar-refractivity contribution in [3.05, 3.63) is 48.3 Å². The fourth-order valence-electron chi connectivity index (χ4n) is 4.19. The highest BCUT2D eigenvalue weighted by molar-refractivity contribution is 5.93. The monoisotopic (exact) mass is 448 g/mol. The molecule has 2 N–H and O–H groups in total. The number of nitrogens with one attached hydrogen (secondary N) is 2. The number of benzene rings is 1. The van der Waals surface area contributed by atoms with Crippen LogP contribution >= 0.6 is 0 Å². The highest BCUT2D eigenvalue weighted by atomic mass is 19.4. The quantitative estimate of drug-likeness (QED) is 0.678. The highest BCUT2D eigenvalue weighted by Crippen LogP contribution is 2.37. The highest BCUT2D eigenvalue weighted by Gasteiger charge is 2.35. The number of carbonyl (C=O) groups excluding carboxylic acids is 2. The van der Waals surface area contributed by atoms with Crippen molar-refractivity contribution in [2.24, 2.45) is 11.8 Å². The fraction of sp³-hybridized carbons (Fsp3) is 0.409. The molecular weight excluding hydrogens is 425 g/mol. The predicted octanol–water partition coefficient (Wildman–Crippen LogP) is 4.38. The average molecular weight is 448 g/mol. The molecule has 32 heavy (non-hydrogen) atoms. The van der Waals surface area contributed by atoms with Gasteiger partial charge < -0.3 is 20.3 Å². The molecule has 3 amide bonds. The Morgan fingerprint density at radius 3 is 2.81 bits per heavy atom. The summed E-state index contributed by atoms with van der Waals surface area (Å²) in [6, 6.07) is 6.31. The van der Waals surface area contributed by atoms with Gasteiger partial charge in [-0.05, 0) is 55.0 Å². The summed E-state index contributed by atoms with van der Waals surface area (Å²) in [6.07, 6.45) is 0.0488. The number of hydrogen-bond donors (Lipinski definition) is 2. The van der Waals surface area contributed by atoms with Gasteiger partial charge in [0.1, 0.15) is 5.75 Å². The number of nitrogens with zero attached hydrogens (tertiary/aromatic N) is 2. The average Bonchev–Trinajstić information content (AvgIpc) is 2.75. The van der Waals surface area contributed by atoms with Crippen LogP contribution in [-0.4, -0.2) is 41.5 Å². The number of amides is 3. The summed E-state index contributed by atoms with van der Waals surface area (Å²) in [6.45, 7) is 1.22. The SMILES string of the molecule is O=C1C[C@@H]2CCN(C(=O)Nc3cccnc3)C[C@@H]2CCOc2ccc(C(F)(F)F)cc2N1. The topological polar surface area (TPSA) is 83.6 Å². The second-order valence-electron chi connectivity index (χ2n) is 8.02. The van der Waals surface area contributed by atoms with E-state index in [9.17, 15) is 22.8 Å². The summed E-state index contributed by atoms with van der Waals surface area (Å²) >= 11 is 0. The molecular formula is C22H23F3N4O3. The minimum absolute atomic E-state index is 0.00777. The number of anilines is 2. The lowest BCUT2D eigenvalue weighted by Gasteiger charge is -2.39. The smallest absolute Gasteiger partial charge is 0.416 e. The Hall–Kier alpha value is -3.30. The number of urea groups is 1. The van der Waals surface area contributed by atoms with Gasteiger partial charge in [0.25, 0.3) is 0 Å².